The number of pyridine rings is 1. The van der Waals surface area contributed by atoms with Crippen molar-refractivity contribution in [2.24, 2.45) is 16.3 Å². The van der Waals surface area contributed by atoms with Crippen molar-refractivity contribution in [1.82, 2.24) is 25.2 Å². The summed E-state index contributed by atoms with van der Waals surface area (Å²) in [7, 11) is 0. The minimum absolute atomic E-state index is 0.124. The Hall–Kier alpha value is -2.15. The van der Waals surface area contributed by atoms with Crippen LogP contribution >= 0.6 is 0 Å². The quantitative estimate of drug-likeness (QED) is 0.652. The van der Waals surface area contributed by atoms with Crippen LogP contribution in [-0.2, 0) is 11.3 Å². The molecule has 3 unspecified atom stereocenters. The zero-order valence-corrected chi connectivity index (χ0v) is 15.1. The third-order valence-electron chi connectivity index (χ3n) is 5.50. The fourth-order valence-electron chi connectivity index (χ4n) is 4.23. The Bertz CT molecular complexity index is 783. The molecule has 25 heavy (non-hydrogen) atoms. The van der Waals surface area contributed by atoms with Crippen molar-refractivity contribution in [3.05, 3.63) is 30.2 Å². The van der Waals surface area contributed by atoms with E-state index in [1.165, 1.54) is 0 Å². The van der Waals surface area contributed by atoms with Gasteiger partial charge in [0.1, 0.15) is 6.54 Å². The molecule has 2 fully saturated rings. The molecule has 7 heteroatoms. The zero-order chi connectivity index (χ0) is 17.4. The Morgan fingerprint density at radius 2 is 2.28 bits per heavy atom. The maximum atomic E-state index is 5.88. The fraction of sp³-hybridized carbons (Fsp3) is 0.611. The third-order valence-corrected chi connectivity index (χ3v) is 5.50. The Labute approximate surface area is 147 Å². The number of fused-ring (bicyclic) bond motifs is 2. The van der Waals surface area contributed by atoms with Gasteiger partial charge in [0.15, 0.2) is 17.4 Å². The van der Waals surface area contributed by atoms with Gasteiger partial charge in [-0.3, -0.25) is 4.40 Å². The molecular weight excluding hydrogens is 316 g/mol. The standard InChI is InChI=1S/C18H26N6O/c1-4-19-17(21-15-12-8-10-25-16(12)18(15,2)3)20-11-14-23-22-13-7-5-6-9-24(13)14/h5-7,9,12,15-16H,4,8,10-11H2,1-3H3,(H2,19,20,21). The van der Waals surface area contributed by atoms with Gasteiger partial charge in [0.25, 0.3) is 0 Å². The van der Waals surface area contributed by atoms with Crippen LogP contribution in [0, 0.1) is 11.3 Å². The van der Waals surface area contributed by atoms with Gasteiger partial charge in [0.2, 0.25) is 0 Å². The first-order chi connectivity index (χ1) is 12.1. The number of aromatic nitrogens is 3. The highest BCUT2D eigenvalue weighted by molar-refractivity contribution is 5.80. The Kier molecular flexibility index (Phi) is 4.11. The molecular formula is C18H26N6O. The molecule has 0 spiro atoms. The SMILES string of the molecule is CCNC(=NCc1nnc2ccccn12)NC1C2CCOC2C1(C)C. The summed E-state index contributed by atoms with van der Waals surface area (Å²) in [4.78, 5) is 4.74. The van der Waals surface area contributed by atoms with Gasteiger partial charge in [-0.15, -0.1) is 10.2 Å². The minimum Gasteiger partial charge on any atom is -0.377 e. The largest absolute Gasteiger partial charge is 0.377 e. The number of hydrogen-bond acceptors (Lipinski definition) is 4. The fourth-order valence-corrected chi connectivity index (χ4v) is 4.23. The number of hydrogen-bond donors (Lipinski definition) is 2. The van der Waals surface area contributed by atoms with E-state index < -0.39 is 0 Å². The van der Waals surface area contributed by atoms with Crippen molar-refractivity contribution >= 4 is 11.6 Å². The highest BCUT2D eigenvalue weighted by atomic mass is 16.5. The molecule has 0 radical (unpaired) electrons. The van der Waals surface area contributed by atoms with Crippen LogP contribution in [0.5, 0.6) is 0 Å². The van der Waals surface area contributed by atoms with Gasteiger partial charge < -0.3 is 15.4 Å². The maximum Gasteiger partial charge on any atom is 0.191 e. The van der Waals surface area contributed by atoms with E-state index in [0.717, 1.165) is 37.0 Å². The molecule has 1 aliphatic heterocycles. The van der Waals surface area contributed by atoms with Gasteiger partial charge in [0.05, 0.1) is 6.10 Å². The molecule has 1 saturated heterocycles. The zero-order valence-electron chi connectivity index (χ0n) is 15.1. The van der Waals surface area contributed by atoms with Crippen molar-refractivity contribution in [2.45, 2.75) is 45.9 Å². The van der Waals surface area contributed by atoms with Gasteiger partial charge in [-0.05, 0) is 25.5 Å². The molecule has 2 N–H and O–H groups in total. The summed E-state index contributed by atoms with van der Waals surface area (Å²) in [5.41, 5.74) is 0.968. The van der Waals surface area contributed by atoms with Crippen LogP contribution in [0.4, 0.5) is 0 Å². The average molecular weight is 342 g/mol. The Morgan fingerprint density at radius 1 is 1.40 bits per heavy atom. The molecule has 0 bridgehead atoms. The number of guanidine groups is 1. The highest BCUT2D eigenvalue weighted by Gasteiger charge is 2.59. The molecule has 7 nitrogen and oxygen atoms in total. The number of nitrogens with zero attached hydrogens (tertiary/aromatic N) is 4. The molecule has 134 valence electrons. The van der Waals surface area contributed by atoms with E-state index >= 15 is 0 Å². The summed E-state index contributed by atoms with van der Waals surface area (Å²) in [6.45, 7) is 8.80. The summed E-state index contributed by atoms with van der Waals surface area (Å²) < 4.78 is 7.86. The van der Waals surface area contributed by atoms with E-state index in [1.54, 1.807) is 0 Å². The molecule has 0 amide bonds. The highest BCUT2D eigenvalue weighted by Crippen LogP contribution is 2.52. The molecule has 2 aromatic heterocycles. The van der Waals surface area contributed by atoms with E-state index in [1.807, 2.05) is 28.8 Å². The van der Waals surface area contributed by atoms with Crippen LogP contribution in [0.15, 0.2) is 29.4 Å². The normalized spacial score (nSPS) is 27.8. The van der Waals surface area contributed by atoms with E-state index in [4.69, 9.17) is 9.73 Å². The van der Waals surface area contributed by atoms with Gasteiger partial charge in [0, 0.05) is 36.7 Å². The summed E-state index contributed by atoms with van der Waals surface area (Å²) in [5.74, 6) is 2.24. The lowest BCUT2D eigenvalue weighted by Gasteiger charge is -2.54. The first kappa shape index (κ1) is 16.3. The van der Waals surface area contributed by atoms with Gasteiger partial charge in [-0.2, -0.15) is 0 Å². The monoisotopic (exact) mass is 342 g/mol. The second-order valence-corrected chi connectivity index (χ2v) is 7.43. The van der Waals surface area contributed by atoms with Crippen molar-refractivity contribution in [2.75, 3.05) is 13.2 Å². The van der Waals surface area contributed by atoms with Crippen molar-refractivity contribution in [1.29, 1.82) is 0 Å². The predicted molar refractivity (Wildman–Crippen MR) is 96.4 cm³/mol. The molecule has 2 aliphatic rings. The summed E-state index contributed by atoms with van der Waals surface area (Å²) in [6, 6.07) is 6.26. The van der Waals surface area contributed by atoms with Crippen LogP contribution < -0.4 is 10.6 Å². The lowest BCUT2D eigenvalue weighted by molar-refractivity contribution is -0.106. The molecule has 2 aromatic rings. The first-order valence-corrected chi connectivity index (χ1v) is 9.06. The molecule has 3 atom stereocenters. The second-order valence-electron chi connectivity index (χ2n) is 7.43. The molecule has 1 aliphatic carbocycles. The summed E-state index contributed by atoms with van der Waals surface area (Å²) in [6.07, 6.45) is 3.46. The van der Waals surface area contributed by atoms with E-state index in [0.29, 0.717) is 24.6 Å². The smallest absolute Gasteiger partial charge is 0.191 e. The Balaban J connectivity index is 1.50. The number of ether oxygens (including phenoxy) is 1. The molecule has 0 aromatic carbocycles. The number of aliphatic imine (C=N–C) groups is 1. The van der Waals surface area contributed by atoms with E-state index in [9.17, 15) is 0 Å². The number of nitrogens with one attached hydrogen (secondary N) is 2. The molecule has 1 saturated carbocycles. The van der Waals surface area contributed by atoms with Crippen LogP contribution in [-0.4, -0.2) is 45.9 Å². The van der Waals surface area contributed by atoms with Crippen molar-refractivity contribution in [3.63, 3.8) is 0 Å². The Morgan fingerprint density at radius 3 is 3.12 bits per heavy atom. The lowest BCUT2D eigenvalue weighted by Crippen LogP contribution is -2.67. The maximum absolute atomic E-state index is 5.88. The third kappa shape index (κ3) is 2.76. The van der Waals surface area contributed by atoms with E-state index in [2.05, 4.69) is 41.6 Å². The first-order valence-electron chi connectivity index (χ1n) is 9.06. The lowest BCUT2D eigenvalue weighted by atomic mass is 9.57. The van der Waals surface area contributed by atoms with Crippen LogP contribution in [0.2, 0.25) is 0 Å². The second kappa shape index (κ2) is 6.29. The summed E-state index contributed by atoms with van der Waals surface area (Å²) >= 11 is 0. The minimum atomic E-state index is 0.124. The van der Waals surface area contributed by atoms with Crippen LogP contribution in [0.1, 0.15) is 33.0 Å². The van der Waals surface area contributed by atoms with Gasteiger partial charge >= 0.3 is 0 Å². The van der Waals surface area contributed by atoms with Crippen molar-refractivity contribution < 1.29 is 4.74 Å². The van der Waals surface area contributed by atoms with Crippen LogP contribution in [0.25, 0.3) is 5.65 Å². The summed E-state index contributed by atoms with van der Waals surface area (Å²) in [5, 5.41) is 15.4. The average Bonchev–Trinajstić information content (AvgIpc) is 3.23. The molecule has 3 heterocycles. The van der Waals surface area contributed by atoms with Crippen LogP contribution in [0.3, 0.4) is 0 Å². The predicted octanol–water partition coefficient (Wildman–Crippen LogP) is 1.60. The van der Waals surface area contributed by atoms with Crippen molar-refractivity contribution in [3.8, 4) is 0 Å². The number of rotatable bonds is 4. The van der Waals surface area contributed by atoms with E-state index in [-0.39, 0.29) is 5.41 Å². The molecule has 4 rings (SSSR count). The topological polar surface area (TPSA) is 75.8 Å². The van der Waals surface area contributed by atoms with Gasteiger partial charge in [-0.25, -0.2) is 4.99 Å². The van der Waals surface area contributed by atoms with Gasteiger partial charge in [-0.1, -0.05) is 19.9 Å².